The molecule has 1 amide bonds. The van der Waals surface area contributed by atoms with Gasteiger partial charge in [-0.1, -0.05) is 6.07 Å². The Kier molecular flexibility index (Phi) is 5.16. The number of rotatable bonds is 5. The molecule has 0 heterocycles. The van der Waals surface area contributed by atoms with Gasteiger partial charge in [0, 0.05) is 5.56 Å². The van der Waals surface area contributed by atoms with E-state index in [0.29, 0.717) is 11.5 Å². The summed E-state index contributed by atoms with van der Waals surface area (Å²) in [5, 5.41) is 2.72. The van der Waals surface area contributed by atoms with Crippen LogP contribution < -0.4 is 14.8 Å². The second kappa shape index (κ2) is 7.09. The number of benzene rings is 2. The molecule has 4 nitrogen and oxygen atoms in total. The Labute approximate surface area is 133 Å². The molecule has 0 radical (unpaired) electrons. The third kappa shape index (κ3) is 3.77. The minimum absolute atomic E-state index is 0.0521. The lowest BCUT2D eigenvalue weighted by Gasteiger charge is -2.16. The number of hydrogen-bond donors (Lipinski definition) is 1. The van der Waals surface area contributed by atoms with Crippen molar-refractivity contribution in [1.29, 1.82) is 0 Å². The number of amides is 1. The number of carbonyl (C=O) groups is 1. The van der Waals surface area contributed by atoms with E-state index < -0.39 is 17.5 Å². The number of carbonyl (C=O) groups excluding carboxylic acids is 1. The lowest BCUT2D eigenvalue weighted by Crippen LogP contribution is -2.26. The van der Waals surface area contributed by atoms with E-state index >= 15 is 0 Å². The summed E-state index contributed by atoms with van der Waals surface area (Å²) in [4.78, 5) is 12.1. The molecule has 0 spiro atoms. The number of ether oxygens (including phenoxy) is 2. The first kappa shape index (κ1) is 16.7. The van der Waals surface area contributed by atoms with Gasteiger partial charge in [-0.25, -0.2) is 8.78 Å². The lowest BCUT2D eigenvalue weighted by molar-refractivity contribution is 0.0939. The van der Waals surface area contributed by atoms with Gasteiger partial charge in [-0.2, -0.15) is 0 Å². The maximum absolute atomic E-state index is 13.2. The molecule has 122 valence electrons. The summed E-state index contributed by atoms with van der Waals surface area (Å²) >= 11 is 0. The number of nitrogens with one attached hydrogen (secondary N) is 1. The van der Waals surface area contributed by atoms with Crippen LogP contribution in [0.15, 0.2) is 36.4 Å². The first-order valence-electron chi connectivity index (χ1n) is 6.94. The van der Waals surface area contributed by atoms with Crippen LogP contribution in [-0.2, 0) is 0 Å². The Morgan fingerprint density at radius 1 is 1.00 bits per heavy atom. The fraction of sp³-hybridized carbons (Fsp3) is 0.235. The normalized spacial score (nSPS) is 11.7. The molecule has 0 aliphatic heterocycles. The van der Waals surface area contributed by atoms with E-state index in [-0.39, 0.29) is 11.6 Å². The second-order valence-corrected chi connectivity index (χ2v) is 4.94. The van der Waals surface area contributed by atoms with E-state index in [9.17, 15) is 13.6 Å². The van der Waals surface area contributed by atoms with Gasteiger partial charge in [-0.15, -0.1) is 0 Å². The van der Waals surface area contributed by atoms with Crippen LogP contribution in [0.2, 0.25) is 0 Å². The highest BCUT2D eigenvalue weighted by atomic mass is 19.2. The van der Waals surface area contributed by atoms with Crippen LogP contribution in [0.3, 0.4) is 0 Å². The van der Waals surface area contributed by atoms with E-state index in [2.05, 4.69) is 5.32 Å². The number of methoxy groups -OCH3 is 2. The topological polar surface area (TPSA) is 47.6 Å². The summed E-state index contributed by atoms with van der Waals surface area (Å²) in [6, 6.07) is 7.93. The molecule has 2 aromatic rings. The van der Waals surface area contributed by atoms with Crippen molar-refractivity contribution in [2.75, 3.05) is 14.2 Å². The van der Waals surface area contributed by atoms with Crippen LogP contribution in [-0.4, -0.2) is 20.1 Å². The Morgan fingerprint density at radius 2 is 1.70 bits per heavy atom. The molecule has 0 saturated carbocycles. The van der Waals surface area contributed by atoms with Gasteiger partial charge >= 0.3 is 0 Å². The molecule has 1 atom stereocenters. The molecule has 0 aromatic heterocycles. The van der Waals surface area contributed by atoms with Crippen molar-refractivity contribution in [3.05, 3.63) is 59.2 Å². The highest BCUT2D eigenvalue weighted by Gasteiger charge is 2.15. The van der Waals surface area contributed by atoms with Gasteiger partial charge in [0.2, 0.25) is 0 Å². The molecule has 0 bridgehead atoms. The monoisotopic (exact) mass is 321 g/mol. The van der Waals surface area contributed by atoms with Gasteiger partial charge in [-0.05, 0) is 42.8 Å². The van der Waals surface area contributed by atoms with Crippen LogP contribution >= 0.6 is 0 Å². The van der Waals surface area contributed by atoms with E-state index in [1.807, 2.05) is 0 Å². The largest absolute Gasteiger partial charge is 0.493 e. The minimum atomic E-state index is -1.06. The molecular weight excluding hydrogens is 304 g/mol. The zero-order chi connectivity index (χ0) is 17.0. The van der Waals surface area contributed by atoms with Crippen LogP contribution in [0.25, 0.3) is 0 Å². The Morgan fingerprint density at radius 3 is 2.30 bits per heavy atom. The van der Waals surface area contributed by atoms with E-state index in [4.69, 9.17) is 9.47 Å². The Balaban J connectivity index is 2.16. The zero-order valence-electron chi connectivity index (χ0n) is 13.0. The maximum atomic E-state index is 13.2. The van der Waals surface area contributed by atoms with Crippen LogP contribution in [0, 0.1) is 11.6 Å². The van der Waals surface area contributed by atoms with Crippen LogP contribution in [0.5, 0.6) is 11.5 Å². The SMILES string of the molecule is COc1ccc(C(C)NC(=O)c2ccc(F)c(F)c2)cc1OC. The Hall–Kier alpha value is -2.63. The van der Waals surface area contributed by atoms with Gasteiger partial charge in [-0.3, -0.25) is 4.79 Å². The quantitative estimate of drug-likeness (QED) is 0.917. The zero-order valence-corrected chi connectivity index (χ0v) is 13.0. The summed E-state index contributed by atoms with van der Waals surface area (Å²) in [7, 11) is 3.05. The molecule has 1 N–H and O–H groups in total. The molecular formula is C17H17F2NO3. The second-order valence-electron chi connectivity index (χ2n) is 4.94. The van der Waals surface area contributed by atoms with E-state index in [1.54, 1.807) is 25.1 Å². The predicted molar refractivity (Wildman–Crippen MR) is 81.8 cm³/mol. The molecule has 2 rings (SSSR count). The van der Waals surface area contributed by atoms with Crippen molar-refractivity contribution in [3.8, 4) is 11.5 Å². The molecule has 0 fully saturated rings. The molecule has 6 heteroatoms. The Bertz CT molecular complexity index is 719. The summed E-state index contributed by atoms with van der Waals surface area (Å²) in [5.41, 5.74) is 0.842. The smallest absolute Gasteiger partial charge is 0.251 e. The molecule has 0 aliphatic rings. The van der Waals surface area contributed by atoms with Crippen molar-refractivity contribution in [1.82, 2.24) is 5.32 Å². The summed E-state index contributed by atoms with van der Waals surface area (Å²) < 4.78 is 36.5. The predicted octanol–water partition coefficient (Wildman–Crippen LogP) is 3.47. The first-order chi connectivity index (χ1) is 11.0. The lowest BCUT2D eigenvalue weighted by atomic mass is 10.1. The molecule has 23 heavy (non-hydrogen) atoms. The standard InChI is InChI=1S/C17H17F2NO3/c1-10(11-5-7-15(22-2)16(9-11)23-3)20-17(21)12-4-6-13(18)14(19)8-12/h4-10H,1-3H3,(H,20,21). The van der Waals surface area contributed by atoms with Gasteiger partial charge < -0.3 is 14.8 Å². The number of halogens is 2. The van der Waals surface area contributed by atoms with Crippen molar-refractivity contribution in [2.45, 2.75) is 13.0 Å². The molecule has 1 unspecified atom stereocenters. The van der Waals surface area contributed by atoms with Crippen molar-refractivity contribution in [2.24, 2.45) is 0 Å². The van der Waals surface area contributed by atoms with Gasteiger partial charge in [0.15, 0.2) is 23.1 Å². The van der Waals surface area contributed by atoms with Crippen molar-refractivity contribution < 1.29 is 23.0 Å². The van der Waals surface area contributed by atoms with Crippen molar-refractivity contribution in [3.63, 3.8) is 0 Å². The van der Waals surface area contributed by atoms with Crippen LogP contribution in [0.1, 0.15) is 28.9 Å². The van der Waals surface area contributed by atoms with E-state index in [0.717, 1.165) is 17.7 Å². The third-order valence-corrected chi connectivity index (χ3v) is 3.44. The summed E-state index contributed by atoms with van der Waals surface area (Å²) in [6.07, 6.45) is 0. The van der Waals surface area contributed by atoms with Crippen LogP contribution in [0.4, 0.5) is 8.78 Å². The maximum Gasteiger partial charge on any atom is 0.251 e. The fourth-order valence-electron chi connectivity index (χ4n) is 2.12. The molecule has 0 saturated heterocycles. The molecule has 2 aromatic carbocycles. The fourth-order valence-corrected chi connectivity index (χ4v) is 2.12. The summed E-state index contributed by atoms with van der Waals surface area (Å²) in [6.45, 7) is 1.78. The van der Waals surface area contributed by atoms with Gasteiger partial charge in [0.1, 0.15) is 0 Å². The highest BCUT2D eigenvalue weighted by molar-refractivity contribution is 5.94. The highest BCUT2D eigenvalue weighted by Crippen LogP contribution is 2.29. The van der Waals surface area contributed by atoms with Crippen molar-refractivity contribution >= 4 is 5.91 Å². The summed E-state index contributed by atoms with van der Waals surface area (Å²) in [5.74, 6) is -1.42. The van der Waals surface area contributed by atoms with Gasteiger partial charge in [0.05, 0.1) is 20.3 Å². The first-order valence-corrected chi connectivity index (χ1v) is 6.94. The average Bonchev–Trinajstić information content (AvgIpc) is 2.56. The minimum Gasteiger partial charge on any atom is -0.493 e. The number of hydrogen-bond acceptors (Lipinski definition) is 3. The third-order valence-electron chi connectivity index (χ3n) is 3.44. The van der Waals surface area contributed by atoms with E-state index in [1.165, 1.54) is 20.3 Å². The van der Waals surface area contributed by atoms with Gasteiger partial charge in [0.25, 0.3) is 5.91 Å². The average molecular weight is 321 g/mol. The molecule has 0 aliphatic carbocycles.